The highest BCUT2D eigenvalue weighted by Gasteiger charge is 2.11. The number of para-hydroxylation sites is 1. The minimum atomic E-state index is -0.119. The van der Waals surface area contributed by atoms with E-state index in [1.807, 2.05) is 36.4 Å². The monoisotopic (exact) mass is 242 g/mol. The number of anilines is 1. The van der Waals surface area contributed by atoms with E-state index in [-0.39, 0.29) is 12.5 Å². The number of pyridine rings is 1. The molecule has 1 aromatic carbocycles. The maximum absolute atomic E-state index is 11.9. The van der Waals surface area contributed by atoms with Crippen LogP contribution in [-0.4, -0.2) is 24.5 Å². The third-order valence-electron chi connectivity index (χ3n) is 2.50. The van der Waals surface area contributed by atoms with E-state index in [1.54, 1.807) is 30.3 Å². The van der Waals surface area contributed by atoms with Gasteiger partial charge in [-0.05, 0) is 18.2 Å². The Hall–Kier alpha value is -2.36. The summed E-state index contributed by atoms with van der Waals surface area (Å²) in [5, 5.41) is 0. The molecule has 0 aliphatic heterocycles. The molecule has 0 bridgehead atoms. The van der Waals surface area contributed by atoms with Gasteiger partial charge in [0.2, 0.25) is 5.88 Å². The molecule has 4 nitrogen and oxygen atoms in total. The number of likely N-dealkylation sites (N-methyl/N-ethyl adjacent to an activating group) is 1. The first-order chi connectivity index (χ1) is 8.77. The van der Waals surface area contributed by atoms with Crippen LogP contribution >= 0.6 is 0 Å². The summed E-state index contributed by atoms with van der Waals surface area (Å²) in [6.07, 6.45) is 1.63. The Morgan fingerprint density at radius 2 is 1.89 bits per heavy atom. The average molecular weight is 242 g/mol. The van der Waals surface area contributed by atoms with Crippen molar-refractivity contribution in [1.29, 1.82) is 0 Å². The third-order valence-corrected chi connectivity index (χ3v) is 2.50. The van der Waals surface area contributed by atoms with Crippen LogP contribution in [-0.2, 0) is 4.79 Å². The number of rotatable bonds is 4. The third kappa shape index (κ3) is 3.07. The van der Waals surface area contributed by atoms with Gasteiger partial charge in [0.05, 0.1) is 0 Å². The second-order valence-electron chi connectivity index (χ2n) is 3.74. The van der Waals surface area contributed by atoms with Gasteiger partial charge < -0.3 is 9.64 Å². The van der Waals surface area contributed by atoms with Gasteiger partial charge in [0.25, 0.3) is 5.91 Å². The van der Waals surface area contributed by atoms with Crippen LogP contribution in [0.3, 0.4) is 0 Å². The number of hydrogen-bond acceptors (Lipinski definition) is 3. The molecule has 0 spiro atoms. The molecule has 0 fully saturated rings. The Kier molecular flexibility index (Phi) is 3.91. The molecule has 0 radical (unpaired) electrons. The summed E-state index contributed by atoms with van der Waals surface area (Å²) in [6, 6.07) is 14.8. The van der Waals surface area contributed by atoms with E-state index in [1.165, 1.54) is 0 Å². The Bertz CT molecular complexity index is 500. The Labute approximate surface area is 106 Å². The molecule has 0 saturated heterocycles. The zero-order valence-electron chi connectivity index (χ0n) is 10.1. The van der Waals surface area contributed by atoms with Crippen molar-refractivity contribution in [1.82, 2.24) is 4.98 Å². The van der Waals surface area contributed by atoms with Crippen LogP contribution in [0.15, 0.2) is 54.7 Å². The first kappa shape index (κ1) is 12.1. The summed E-state index contributed by atoms with van der Waals surface area (Å²) in [4.78, 5) is 17.4. The first-order valence-electron chi connectivity index (χ1n) is 5.63. The number of carbonyl (C=O) groups is 1. The summed E-state index contributed by atoms with van der Waals surface area (Å²) >= 11 is 0. The number of carbonyl (C=O) groups excluding carboxylic acids is 1. The van der Waals surface area contributed by atoms with Gasteiger partial charge in [-0.2, -0.15) is 0 Å². The minimum absolute atomic E-state index is 0.0254. The van der Waals surface area contributed by atoms with Gasteiger partial charge in [0, 0.05) is 25.0 Å². The molecule has 1 aromatic heterocycles. The normalized spacial score (nSPS) is 9.83. The lowest BCUT2D eigenvalue weighted by Crippen LogP contribution is -2.31. The van der Waals surface area contributed by atoms with Crippen LogP contribution in [0.2, 0.25) is 0 Å². The summed E-state index contributed by atoms with van der Waals surface area (Å²) < 4.78 is 5.31. The largest absolute Gasteiger partial charge is 0.468 e. The lowest BCUT2D eigenvalue weighted by molar-refractivity contribution is -0.120. The molecule has 18 heavy (non-hydrogen) atoms. The molecule has 2 rings (SSSR count). The SMILES string of the molecule is CN(C(=O)COc1ccccn1)c1ccccc1. The zero-order valence-corrected chi connectivity index (χ0v) is 10.1. The number of benzene rings is 1. The number of hydrogen-bond donors (Lipinski definition) is 0. The zero-order chi connectivity index (χ0) is 12.8. The van der Waals surface area contributed by atoms with Gasteiger partial charge in [-0.15, -0.1) is 0 Å². The maximum Gasteiger partial charge on any atom is 0.264 e. The highest BCUT2D eigenvalue weighted by atomic mass is 16.5. The van der Waals surface area contributed by atoms with Crippen molar-refractivity contribution in [3.63, 3.8) is 0 Å². The standard InChI is InChI=1S/C14H14N2O2/c1-16(12-7-3-2-4-8-12)14(17)11-18-13-9-5-6-10-15-13/h2-10H,11H2,1H3. The maximum atomic E-state index is 11.9. The van der Waals surface area contributed by atoms with Crippen LogP contribution in [0.1, 0.15) is 0 Å². The fourth-order valence-electron chi connectivity index (χ4n) is 1.46. The van der Waals surface area contributed by atoms with Gasteiger partial charge in [0.1, 0.15) is 0 Å². The molecular formula is C14H14N2O2. The van der Waals surface area contributed by atoms with E-state index < -0.39 is 0 Å². The van der Waals surface area contributed by atoms with E-state index in [0.29, 0.717) is 5.88 Å². The van der Waals surface area contributed by atoms with E-state index in [0.717, 1.165) is 5.69 Å². The van der Waals surface area contributed by atoms with E-state index in [4.69, 9.17) is 4.74 Å². The molecule has 92 valence electrons. The highest BCUT2D eigenvalue weighted by molar-refractivity contribution is 5.93. The molecule has 1 heterocycles. The predicted molar refractivity (Wildman–Crippen MR) is 69.6 cm³/mol. The summed E-state index contributed by atoms with van der Waals surface area (Å²) in [7, 11) is 1.72. The minimum Gasteiger partial charge on any atom is -0.468 e. The number of nitrogens with zero attached hydrogens (tertiary/aromatic N) is 2. The summed E-state index contributed by atoms with van der Waals surface area (Å²) in [5.41, 5.74) is 0.840. The predicted octanol–water partition coefficient (Wildman–Crippen LogP) is 2.12. The second-order valence-corrected chi connectivity index (χ2v) is 3.74. The fourth-order valence-corrected chi connectivity index (χ4v) is 1.46. The smallest absolute Gasteiger partial charge is 0.264 e. The number of ether oxygens (including phenoxy) is 1. The van der Waals surface area contributed by atoms with Crippen LogP contribution < -0.4 is 9.64 Å². The van der Waals surface area contributed by atoms with Gasteiger partial charge in [-0.25, -0.2) is 4.98 Å². The Balaban J connectivity index is 1.93. The molecule has 0 atom stereocenters. The van der Waals surface area contributed by atoms with Crippen molar-refractivity contribution in [3.05, 3.63) is 54.7 Å². The van der Waals surface area contributed by atoms with Crippen LogP contribution in [0.25, 0.3) is 0 Å². The van der Waals surface area contributed by atoms with Gasteiger partial charge in [-0.1, -0.05) is 24.3 Å². The van der Waals surface area contributed by atoms with Crippen LogP contribution in [0, 0.1) is 0 Å². The number of amides is 1. The van der Waals surface area contributed by atoms with Crippen molar-refractivity contribution in [2.24, 2.45) is 0 Å². The van der Waals surface area contributed by atoms with E-state index in [9.17, 15) is 4.79 Å². The molecule has 0 aliphatic rings. The molecular weight excluding hydrogens is 228 g/mol. The number of aromatic nitrogens is 1. The molecule has 0 aliphatic carbocycles. The lowest BCUT2D eigenvalue weighted by atomic mass is 10.3. The van der Waals surface area contributed by atoms with Crippen LogP contribution in [0.5, 0.6) is 5.88 Å². The molecule has 0 N–H and O–H groups in total. The van der Waals surface area contributed by atoms with Crippen LogP contribution in [0.4, 0.5) is 5.69 Å². The van der Waals surface area contributed by atoms with Gasteiger partial charge >= 0.3 is 0 Å². The Morgan fingerprint density at radius 3 is 2.56 bits per heavy atom. The summed E-state index contributed by atoms with van der Waals surface area (Å²) in [6.45, 7) is -0.0254. The molecule has 1 amide bonds. The molecule has 2 aromatic rings. The average Bonchev–Trinajstić information content (AvgIpc) is 2.46. The van der Waals surface area contributed by atoms with Crippen molar-refractivity contribution in [3.8, 4) is 5.88 Å². The van der Waals surface area contributed by atoms with Gasteiger partial charge in [-0.3, -0.25) is 4.79 Å². The molecule has 0 unspecified atom stereocenters. The lowest BCUT2D eigenvalue weighted by Gasteiger charge is -2.17. The van der Waals surface area contributed by atoms with Crippen molar-refractivity contribution < 1.29 is 9.53 Å². The fraction of sp³-hybridized carbons (Fsp3) is 0.143. The Morgan fingerprint density at radius 1 is 1.17 bits per heavy atom. The molecule has 0 saturated carbocycles. The van der Waals surface area contributed by atoms with Gasteiger partial charge in [0.15, 0.2) is 6.61 Å². The van der Waals surface area contributed by atoms with E-state index >= 15 is 0 Å². The van der Waals surface area contributed by atoms with Crippen molar-refractivity contribution in [2.45, 2.75) is 0 Å². The summed E-state index contributed by atoms with van der Waals surface area (Å²) in [5.74, 6) is 0.333. The van der Waals surface area contributed by atoms with Crippen molar-refractivity contribution in [2.75, 3.05) is 18.6 Å². The second kappa shape index (κ2) is 5.82. The quantitative estimate of drug-likeness (QED) is 0.824. The highest BCUT2D eigenvalue weighted by Crippen LogP contribution is 2.11. The topological polar surface area (TPSA) is 42.4 Å². The van der Waals surface area contributed by atoms with E-state index in [2.05, 4.69) is 4.98 Å². The molecule has 4 heteroatoms. The van der Waals surface area contributed by atoms with Crippen molar-refractivity contribution >= 4 is 11.6 Å². The first-order valence-corrected chi connectivity index (χ1v) is 5.63.